The summed E-state index contributed by atoms with van der Waals surface area (Å²) in [6.07, 6.45) is 1.61. The third kappa shape index (κ3) is 4.94. The van der Waals surface area contributed by atoms with Crippen LogP contribution in [0.5, 0.6) is 0 Å². The van der Waals surface area contributed by atoms with Gasteiger partial charge in [0.15, 0.2) is 0 Å². The van der Waals surface area contributed by atoms with Gasteiger partial charge in [-0.05, 0) is 19.3 Å². The van der Waals surface area contributed by atoms with Gasteiger partial charge in [0.25, 0.3) is 0 Å². The Bertz CT molecular complexity index is 309. The molecule has 0 aliphatic carbocycles. The number of hydrogen-bond donors (Lipinski definition) is 1. The topological polar surface area (TPSA) is 74.7 Å². The number of nitrogens with zero attached hydrogens (tertiary/aromatic N) is 1. The molecule has 5 nitrogen and oxygen atoms in total. The predicted octanol–water partition coefficient (Wildman–Crippen LogP) is 1.30. The molecule has 6 heteroatoms. The summed E-state index contributed by atoms with van der Waals surface area (Å²) in [6.45, 7) is 3.88. The minimum atomic E-state index is -3.31. The van der Waals surface area contributed by atoms with E-state index in [4.69, 9.17) is 5.11 Å². The Morgan fingerprint density at radius 2 is 1.81 bits per heavy atom. The van der Waals surface area contributed by atoms with Crippen molar-refractivity contribution in [3.05, 3.63) is 0 Å². The number of carboxylic acid groups (broad SMARTS) is 1. The highest BCUT2D eigenvalue weighted by atomic mass is 32.2. The molecule has 0 rings (SSSR count). The van der Waals surface area contributed by atoms with Crippen LogP contribution in [-0.4, -0.2) is 42.6 Å². The van der Waals surface area contributed by atoms with Crippen molar-refractivity contribution >= 4 is 16.0 Å². The van der Waals surface area contributed by atoms with Crippen molar-refractivity contribution in [1.29, 1.82) is 0 Å². The highest BCUT2D eigenvalue weighted by Crippen LogP contribution is 2.12. The Morgan fingerprint density at radius 1 is 1.31 bits per heavy atom. The van der Waals surface area contributed by atoms with E-state index in [0.717, 1.165) is 12.8 Å². The maximum Gasteiger partial charge on any atom is 0.303 e. The maximum absolute atomic E-state index is 11.8. The summed E-state index contributed by atoms with van der Waals surface area (Å²) in [5.41, 5.74) is 0. The SMILES string of the molecule is CCC(CC)N(C)S(=O)(=O)CCCC(=O)O. The molecule has 0 spiro atoms. The monoisotopic (exact) mass is 251 g/mol. The maximum atomic E-state index is 11.8. The highest BCUT2D eigenvalue weighted by molar-refractivity contribution is 7.89. The van der Waals surface area contributed by atoms with E-state index >= 15 is 0 Å². The molecule has 0 aromatic heterocycles. The van der Waals surface area contributed by atoms with Gasteiger partial charge in [0.1, 0.15) is 0 Å². The van der Waals surface area contributed by atoms with Gasteiger partial charge >= 0.3 is 5.97 Å². The first-order chi connectivity index (χ1) is 7.35. The fourth-order valence-electron chi connectivity index (χ4n) is 1.58. The van der Waals surface area contributed by atoms with E-state index in [0.29, 0.717) is 0 Å². The van der Waals surface area contributed by atoms with Crippen LogP contribution in [0.25, 0.3) is 0 Å². The molecule has 0 heterocycles. The fraction of sp³-hybridized carbons (Fsp3) is 0.900. The lowest BCUT2D eigenvalue weighted by Crippen LogP contribution is -2.37. The molecule has 0 atom stereocenters. The van der Waals surface area contributed by atoms with Gasteiger partial charge in [-0.2, -0.15) is 0 Å². The van der Waals surface area contributed by atoms with Gasteiger partial charge in [-0.15, -0.1) is 0 Å². The lowest BCUT2D eigenvalue weighted by Gasteiger charge is -2.25. The molecule has 0 amide bonds. The lowest BCUT2D eigenvalue weighted by molar-refractivity contribution is -0.137. The van der Waals surface area contributed by atoms with Gasteiger partial charge in [0.05, 0.1) is 5.75 Å². The lowest BCUT2D eigenvalue weighted by atomic mass is 10.2. The molecule has 96 valence electrons. The molecule has 1 N–H and O–H groups in total. The molecule has 0 unspecified atom stereocenters. The molecule has 0 aliphatic heterocycles. The summed E-state index contributed by atoms with van der Waals surface area (Å²) < 4.78 is 25.0. The molecule has 0 aromatic rings. The van der Waals surface area contributed by atoms with Crippen LogP contribution in [0.1, 0.15) is 39.5 Å². The first-order valence-corrected chi connectivity index (χ1v) is 7.13. The fourth-order valence-corrected chi connectivity index (χ4v) is 3.13. The highest BCUT2D eigenvalue weighted by Gasteiger charge is 2.23. The number of sulfonamides is 1. The van der Waals surface area contributed by atoms with E-state index < -0.39 is 16.0 Å². The van der Waals surface area contributed by atoms with Crippen LogP contribution in [0.2, 0.25) is 0 Å². The summed E-state index contributed by atoms with van der Waals surface area (Å²) in [6, 6.07) is 0.00910. The summed E-state index contributed by atoms with van der Waals surface area (Å²) >= 11 is 0. The van der Waals surface area contributed by atoms with Gasteiger partial charge < -0.3 is 5.11 Å². The second-order valence-electron chi connectivity index (χ2n) is 3.80. The van der Waals surface area contributed by atoms with Crippen LogP contribution in [0.15, 0.2) is 0 Å². The van der Waals surface area contributed by atoms with Gasteiger partial charge in [-0.3, -0.25) is 4.79 Å². The normalized spacial score (nSPS) is 12.3. The van der Waals surface area contributed by atoms with Gasteiger partial charge in [-0.1, -0.05) is 13.8 Å². The number of carbonyl (C=O) groups is 1. The van der Waals surface area contributed by atoms with E-state index in [2.05, 4.69) is 0 Å². The number of hydrogen-bond acceptors (Lipinski definition) is 3. The molecular formula is C10H21NO4S. The van der Waals surface area contributed by atoms with Crippen molar-refractivity contribution in [3.8, 4) is 0 Å². The first-order valence-electron chi connectivity index (χ1n) is 5.52. The van der Waals surface area contributed by atoms with Gasteiger partial charge in [-0.25, -0.2) is 12.7 Å². The predicted molar refractivity (Wildman–Crippen MR) is 62.8 cm³/mol. The van der Waals surface area contributed by atoms with E-state index in [1.807, 2.05) is 13.8 Å². The largest absolute Gasteiger partial charge is 0.481 e. The zero-order chi connectivity index (χ0) is 12.8. The van der Waals surface area contributed by atoms with E-state index in [1.165, 1.54) is 4.31 Å². The third-order valence-electron chi connectivity index (χ3n) is 2.69. The van der Waals surface area contributed by atoms with Crippen molar-refractivity contribution in [1.82, 2.24) is 4.31 Å². The summed E-state index contributed by atoms with van der Waals surface area (Å²) in [7, 11) is -1.75. The average molecular weight is 251 g/mol. The van der Waals surface area contributed by atoms with Crippen molar-refractivity contribution < 1.29 is 18.3 Å². The summed E-state index contributed by atoms with van der Waals surface area (Å²) in [5.74, 6) is -1.05. The van der Waals surface area contributed by atoms with Crippen molar-refractivity contribution in [3.63, 3.8) is 0 Å². The Labute approximate surface area is 97.5 Å². The van der Waals surface area contributed by atoms with E-state index in [-0.39, 0.29) is 24.6 Å². The quantitative estimate of drug-likeness (QED) is 0.705. The molecule has 0 bridgehead atoms. The number of aliphatic carboxylic acids is 1. The summed E-state index contributed by atoms with van der Waals surface area (Å²) in [5, 5.41) is 8.44. The molecule has 0 fully saturated rings. The Balaban J connectivity index is 4.36. The molecule has 16 heavy (non-hydrogen) atoms. The van der Waals surface area contributed by atoms with Gasteiger partial charge in [0, 0.05) is 19.5 Å². The van der Waals surface area contributed by atoms with Crippen LogP contribution in [-0.2, 0) is 14.8 Å². The van der Waals surface area contributed by atoms with E-state index in [9.17, 15) is 13.2 Å². The molecular weight excluding hydrogens is 230 g/mol. The van der Waals surface area contributed by atoms with Crippen molar-refractivity contribution in [2.75, 3.05) is 12.8 Å². The molecule has 0 saturated carbocycles. The molecule has 0 aromatic carbocycles. The van der Waals surface area contributed by atoms with Gasteiger partial charge in [0.2, 0.25) is 10.0 Å². The van der Waals surface area contributed by atoms with Crippen LogP contribution in [0, 0.1) is 0 Å². The van der Waals surface area contributed by atoms with Crippen LogP contribution in [0.3, 0.4) is 0 Å². The first kappa shape index (κ1) is 15.4. The minimum Gasteiger partial charge on any atom is -0.481 e. The molecule has 0 radical (unpaired) electrons. The number of rotatable bonds is 8. The third-order valence-corrected chi connectivity index (χ3v) is 4.67. The van der Waals surface area contributed by atoms with Crippen molar-refractivity contribution in [2.24, 2.45) is 0 Å². The average Bonchev–Trinajstić information content (AvgIpc) is 2.18. The Kier molecular flexibility index (Phi) is 6.59. The van der Waals surface area contributed by atoms with E-state index in [1.54, 1.807) is 7.05 Å². The zero-order valence-corrected chi connectivity index (χ0v) is 11.0. The zero-order valence-electron chi connectivity index (χ0n) is 10.1. The molecule has 0 aliphatic rings. The minimum absolute atomic E-state index is 0.00910. The second-order valence-corrected chi connectivity index (χ2v) is 5.95. The smallest absolute Gasteiger partial charge is 0.303 e. The van der Waals surface area contributed by atoms with Crippen LogP contribution >= 0.6 is 0 Å². The van der Waals surface area contributed by atoms with Crippen LogP contribution in [0.4, 0.5) is 0 Å². The number of carboxylic acids is 1. The second kappa shape index (κ2) is 6.85. The molecule has 0 saturated heterocycles. The van der Waals surface area contributed by atoms with Crippen LogP contribution < -0.4 is 0 Å². The summed E-state index contributed by atoms with van der Waals surface area (Å²) in [4.78, 5) is 10.3. The Hall–Kier alpha value is -0.620. The van der Waals surface area contributed by atoms with Crippen molar-refractivity contribution in [2.45, 2.75) is 45.6 Å². The standard InChI is InChI=1S/C10H21NO4S/c1-4-9(5-2)11(3)16(14,15)8-6-7-10(12)13/h9H,4-8H2,1-3H3,(H,12,13). The Morgan fingerprint density at radius 3 is 2.19 bits per heavy atom.